The van der Waals surface area contributed by atoms with Gasteiger partial charge in [-0.25, -0.2) is 0 Å². The zero-order chi connectivity index (χ0) is 22.5. The van der Waals surface area contributed by atoms with E-state index in [0.717, 1.165) is 37.9 Å². The van der Waals surface area contributed by atoms with Crippen molar-refractivity contribution >= 4 is 11.8 Å². The maximum Gasteiger partial charge on any atom is 0.253 e. The number of likely N-dealkylation sites (tertiary alicyclic amines) is 1. The molecule has 2 fully saturated rings. The van der Waals surface area contributed by atoms with Crippen molar-refractivity contribution in [1.82, 2.24) is 10.2 Å². The van der Waals surface area contributed by atoms with Crippen LogP contribution in [0.1, 0.15) is 69.0 Å². The first-order valence-corrected chi connectivity index (χ1v) is 11.3. The predicted molar refractivity (Wildman–Crippen MR) is 122 cm³/mol. The molecule has 2 heterocycles. The monoisotopic (exact) mass is 431 g/mol. The molecule has 166 valence electrons. The first-order chi connectivity index (χ1) is 15.5. The van der Waals surface area contributed by atoms with Gasteiger partial charge in [-0.15, -0.1) is 0 Å². The van der Waals surface area contributed by atoms with Gasteiger partial charge in [-0.2, -0.15) is 5.26 Å². The molecule has 2 aromatic carbocycles. The lowest BCUT2D eigenvalue weighted by Crippen LogP contribution is -2.38. The van der Waals surface area contributed by atoms with Gasteiger partial charge in [0.25, 0.3) is 11.8 Å². The minimum Gasteiger partial charge on any atom is -0.376 e. The van der Waals surface area contributed by atoms with Gasteiger partial charge < -0.3 is 15.0 Å². The van der Waals surface area contributed by atoms with Crippen LogP contribution in [0.2, 0.25) is 0 Å². The summed E-state index contributed by atoms with van der Waals surface area (Å²) in [5.41, 5.74) is 3.83. The van der Waals surface area contributed by atoms with Gasteiger partial charge in [0.05, 0.1) is 17.7 Å². The molecule has 2 aliphatic heterocycles. The Balaban J connectivity index is 1.37. The van der Waals surface area contributed by atoms with E-state index in [-0.39, 0.29) is 17.9 Å². The van der Waals surface area contributed by atoms with Gasteiger partial charge in [0.1, 0.15) is 0 Å². The molecule has 0 bridgehead atoms. The number of piperidine rings is 1. The molecule has 0 saturated carbocycles. The summed E-state index contributed by atoms with van der Waals surface area (Å²) >= 11 is 0. The maximum atomic E-state index is 13.1. The topological polar surface area (TPSA) is 82.4 Å². The van der Waals surface area contributed by atoms with Gasteiger partial charge in [-0.05, 0) is 73.9 Å². The third-order valence-corrected chi connectivity index (χ3v) is 6.54. The van der Waals surface area contributed by atoms with Crippen LogP contribution in [-0.2, 0) is 4.74 Å². The highest BCUT2D eigenvalue weighted by Crippen LogP contribution is 2.29. The Morgan fingerprint density at radius 3 is 2.53 bits per heavy atom. The van der Waals surface area contributed by atoms with Gasteiger partial charge in [0.15, 0.2) is 0 Å². The molecule has 2 saturated heterocycles. The number of rotatable bonds is 5. The molecule has 2 aromatic rings. The lowest BCUT2D eigenvalue weighted by atomic mass is 9.88. The van der Waals surface area contributed by atoms with Crippen LogP contribution in [0.5, 0.6) is 0 Å². The van der Waals surface area contributed by atoms with E-state index < -0.39 is 0 Å². The van der Waals surface area contributed by atoms with Crippen molar-refractivity contribution in [1.29, 1.82) is 5.26 Å². The second kappa shape index (κ2) is 9.97. The van der Waals surface area contributed by atoms with Crippen LogP contribution in [-0.4, -0.2) is 49.1 Å². The molecule has 0 radical (unpaired) electrons. The molecule has 0 aromatic heterocycles. The molecule has 2 amide bonds. The average Bonchev–Trinajstić information content (AvgIpc) is 3.36. The number of nitrogens with zero attached hydrogens (tertiary/aromatic N) is 2. The standard InChI is InChI=1S/C26H29N3O3/c1-18-4-7-22(15-24(18)25(30)28-17-23-3-2-14-32-23)26(31)29-12-10-21(11-13-29)20-8-5-19(16-27)6-9-20/h4-9,15,21,23H,2-3,10-14,17H2,1H3,(H,28,30). The van der Waals surface area contributed by atoms with Crippen molar-refractivity contribution < 1.29 is 14.3 Å². The minimum absolute atomic E-state index is 0.0311. The van der Waals surface area contributed by atoms with E-state index >= 15 is 0 Å². The van der Waals surface area contributed by atoms with Gasteiger partial charge >= 0.3 is 0 Å². The number of hydrogen-bond donors (Lipinski definition) is 1. The Morgan fingerprint density at radius 1 is 1.12 bits per heavy atom. The van der Waals surface area contributed by atoms with E-state index in [4.69, 9.17) is 10.00 Å². The maximum absolute atomic E-state index is 13.1. The number of amides is 2. The number of nitriles is 1. The van der Waals surface area contributed by atoms with Crippen LogP contribution < -0.4 is 5.32 Å². The molecule has 4 rings (SSSR count). The van der Waals surface area contributed by atoms with Gasteiger partial charge in [0.2, 0.25) is 0 Å². The summed E-state index contributed by atoms with van der Waals surface area (Å²) in [6, 6.07) is 15.3. The number of nitrogens with one attached hydrogen (secondary N) is 1. The molecule has 0 aliphatic carbocycles. The third kappa shape index (κ3) is 5.00. The largest absolute Gasteiger partial charge is 0.376 e. The van der Waals surface area contributed by atoms with E-state index in [2.05, 4.69) is 11.4 Å². The SMILES string of the molecule is Cc1ccc(C(=O)N2CCC(c3ccc(C#N)cc3)CC2)cc1C(=O)NCC1CCCO1. The van der Waals surface area contributed by atoms with E-state index in [1.807, 2.05) is 42.2 Å². The van der Waals surface area contributed by atoms with Crippen molar-refractivity contribution in [2.45, 2.75) is 44.6 Å². The van der Waals surface area contributed by atoms with Gasteiger partial charge in [0, 0.05) is 37.4 Å². The second-order valence-corrected chi connectivity index (χ2v) is 8.68. The fraction of sp³-hybridized carbons (Fsp3) is 0.423. The van der Waals surface area contributed by atoms with Crippen LogP contribution in [0.4, 0.5) is 0 Å². The number of carbonyl (C=O) groups is 2. The molecule has 1 atom stereocenters. The average molecular weight is 432 g/mol. The van der Waals surface area contributed by atoms with Crippen LogP contribution in [0, 0.1) is 18.3 Å². The fourth-order valence-electron chi connectivity index (χ4n) is 4.54. The first kappa shape index (κ1) is 22.0. The highest BCUT2D eigenvalue weighted by atomic mass is 16.5. The Labute approximate surface area is 189 Å². The molecule has 6 heteroatoms. The summed E-state index contributed by atoms with van der Waals surface area (Å²) in [4.78, 5) is 27.7. The van der Waals surface area contributed by atoms with Crippen LogP contribution >= 0.6 is 0 Å². The molecule has 0 spiro atoms. The summed E-state index contributed by atoms with van der Waals surface area (Å²) in [6.45, 7) is 4.50. The number of ether oxygens (including phenoxy) is 1. The third-order valence-electron chi connectivity index (χ3n) is 6.54. The van der Waals surface area contributed by atoms with E-state index in [9.17, 15) is 9.59 Å². The van der Waals surface area contributed by atoms with Crippen LogP contribution in [0.15, 0.2) is 42.5 Å². The molecule has 1 unspecified atom stereocenters. The van der Waals surface area contributed by atoms with Crippen LogP contribution in [0.3, 0.4) is 0 Å². The first-order valence-electron chi connectivity index (χ1n) is 11.3. The van der Waals surface area contributed by atoms with E-state index in [1.165, 1.54) is 5.56 Å². The lowest BCUT2D eigenvalue weighted by Gasteiger charge is -2.32. The van der Waals surface area contributed by atoms with Crippen molar-refractivity contribution in [3.8, 4) is 6.07 Å². The highest BCUT2D eigenvalue weighted by Gasteiger charge is 2.25. The Bertz CT molecular complexity index is 1010. The zero-order valence-electron chi connectivity index (χ0n) is 18.5. The Morgan fingerprint density at radius 2 is 1.88 bits per heavy atom. The number of hydrogen-bond acceptors (Lipinski definition) is 4. The van der Waals surface area contributed by atoms with Crippen molar-refractivity contribution in [2.75, 3.05) is 26.2 Å². The fourth-order valence-corrected chi connectivity index (χ4v) is 4.54. The summed E-state index contributed by atoms with van der Waals surface area (Å²) < 4.78 is 5.57. The van der Waals surface area contributed by atoms with Gasteiger partial charge in [-0.1, -0.05) is 18.2 Å². The molecule has 1 N–H and O–H groups in total. The molecule has 6 nitrogen and oxygen atoms in total. The second-order valence-electron chi connectivity index (χ2n) is 8.68. The molecular formula is C26H29N3O3. The zero-order valence-corrected chi connectivity index (χ0v) is 18.5. The summed E-state index contributed by atoms with van der Waals surface area (Å²) in [5, 5.41) is 11.9. The molecule has 32 heavy (non-hydrogen) atoms. The van der Waals surface area contributed by atoms with E-state index in [1.54, 1.807) is 12.1 Å². The minimum atomic E-state index is -0.160. The number of benzene rings is 2. The predicted octanol–water partition coefficient (Wildman–Crippen LogP) is 3.80. The smallest absolute Gasteiger partial charge is 0.253 e. The van der Waals surface area contributed by atoms with Gasteiger partial charge in [-0.3, -0.25) is 9.59 Å². The summed E-state index contributed by atoms with van der Waals surface area (Å²) in [7, 11) is 0. The summed E-state index contributed by atoms with van der Waals surface area (Å²) in [6.07, 6.45) is 3.86. The highest BCUT2D eigenvalue weighted by molar-refractivity contribution is 6.00. The normalized spacial score (nSPS) is 18.9. The van der Waals surface area contributed by atoms with E-state index in [0.29, 0.717) is 42.2 Å². The quantitative estimate of drug-likeness (QED) is 0.781. The molecular weight excluding hydrogens is 402 g/mol. The number of carbonyl (C=O) groups excluding carboxylic acids is 2. The lowest BCUT2D eigenvalue weighted by molar-refractivity contribution is 0.0713. The Hall–Kier alpha value is -3.17. The van der Waals surface area contributed by atoms with Crippen molar-refractivity contribution in [2.24, 2.45) is 0 Å². The van der Waals surface area contributed by atoms with Crippen molar-refractivity contribution in [3.05, 3.63) is 70.3 Å². The Kier molecular flexibility index (Phi) is 6.87. The van der Waals surface area contributed by atoms with Crippen molar-refractivity contribution in [3.63, 3.8) is 0 Å². The molecule has 2 aliphatic rings. The van der Waals surface area contributed by atoms with Crippen LogP contribution in [0.25, 0.3) is 0 Å². The summed E-state index contributed by atoms with van der Waals surface area (Å²) in [5.74, 6) is 0.201. The number of aryl methyl sites for hydroxylation is 1.